The van der Waals surface area contributed by atoms with E-state index in [0.717, 1.165) is 25.2 Å². The van der Waals surface area contributed by atoms with E-state index in [1.165, 1.54) is 17.5 Å². The highest BCUT2D eigenvalue weighted by Crippen LogP contribution is 2.34. The fourth-order valence-electron chi connectivity index (χ4n) is 3.21. The minimum absolute atomic E-state index is 0.163. The molecule has 5 heteroatoms. The Morgan fingerprint density at radius 2 is 2.24 bits per heavy atom. The van der Waals surface area contributed by atoms with Crippen molar-refractivity contribution in [2.24, 2.45) is 7.05 Å². The van der Waals surface area contributed by atoms with Crippen LogP contribution in [0, 0.1) is 0 Å². The van der Waals surface area contributed by atoms with Gasteiger partial charge in [0.2, 0.25) is 0 Å². The predicted molar refractivity (Wildman–Crippen MR) is 80.6 cm³/mol. The molecule has 1 aliphatic carbocycles. The lowest BCUT2D eigenvalue weighted by Gasteiger charge is -2.35. The molecule has 0 saturated carbocycles. The molecule has 1 aromatic heterocycles. The zero-order valence-electron chi connectivity index (χ0n) is 12.4. The molecule has 1 aromatic carbocycles. The molecule has 2 aromatic rings. The van der Waals surface area contributed by atoms with Crippen LogP contribution in [0.15, 0.2) is 30.6 Å². The molecule has 1 N–H and O–H groups in total. The number of hydrogen-bond donors (Lipinski definition) is 1. The van der Waals surface area contributed by atoms with Gasteiger partial charge in [-0.1, -0.05) is 24.3 Å². The van der Waals surface area contributed by atoms with Gasteiger partial charge in [0.05, 0.1) is 13.2 Å². The fraction of sp³-hybridized carbons (Fsp3) is 0.500. The largest absolute Gasteiger partial charge is 0.395 e. The Kier molecular flexibility index (Phi) is 4.31. The van der Waals surface area contributed by atoms with Crippen LogP contribution in [0.4, 0.5) is 0 Å². The zero-order chi connectivity index (χ0) is 14.7. The summed E-state index contributed by atoms with van der Waals surface area (Å²) in [6.45, 7) is 1.54. The third-order valence-corrected chi connectivity index (χ3v) is 4.32. The molecule has 0 saturated heterocycles. The van der Waals surface area contributed by atoms with Gasteiger partial charge in [-0.05, 0) is 30.4 Å². The fourth-order valence-corrected chi connectivity index (χ4v) is 3.21. The molecule has 0 radical (unpaired) electrons. The molecule has 1 aliphatic rings. The van der Waals surface area contributed by atoms with Gasteiger partial charge in [0.1, 0.15) is 12.2 Å². The highest BCUT2D eigenvalue weighted by Gasteiger charge is 2.26. The molecule has 3 rings (SSSR count). The first-order valence-corrected chi connectivity index (χ1v) is 7.55. The lowest BCUT2D eigenvalue weighted by molar-refractivity contribution is 0.127. The summed E-state index contributed by atoms with van der Waals surface area (Å²) in [5, 5.41) is 17.6. The van der Waals surface area contributed by atoms with E-state index in [0.29, 0.717) is 12.6 Å². The molecular weight excluding hydrogens is 264 g/mol. The van der Waals surface area contributed by atoms with Crippen LogP contribution in [0.3, 0.4) is 0 Å². The van der Waals surface area contributed by atoms with Gasteiger partial charge in [0.15, 0.2) is 0 Å². The van der Waals surface area contributed by atoms with Crippen LogP contribution in [0.2, 0.25) is 0 Å². The maximum absolute atomic E-state index is 9.43. The highest BCUT2D eigenvalue weighted by atomic mass is 16.3. The SMILES string of the molecule is Cn1cnnc1CN(CCO)C1CCCc2ccccc21. The number of nitrogens with zero attached hydrogens (tertiary/aromatic N) is 4. The number of aryl methyl sites for hydroxylation is 2. The first kappa shape index (κ1) is 14.2. The molecule has 1 unspecified atom stereocenters. The number of aromatic nitrogens is 3. The summed E-state index contributed by atoms with van der Waals surface area (Å²) in [5.41, 5.74) is 2.84. The maximum atomic E-state index is 9.43. The number of aliphatic hydroxyl groups excluding tert-OH is 1. The second-order valence-electron chi connectivity index (χ2n) is 5.66. The van der Waals surface area contributed by atoms with E-state index in [-0.39, 0.29) is 6.61 Å². The van der Waals surface area contributed by atoms with Crippen molar-refractivity contribution < 1.29 is 5.11 Å². The molecule has 0 spiro atoms. The van der Waals surface area contributed by atoms with E-state index >= 15 is 0 Å². The smallest absolute Gasteiger partial charge is 0.146 e. The maximum Gasteiger partial charge on any atom is 0.146 e. The van der Waals surface area contributed by atoms with Crippen LogP contribution in [0.1, 0.15) is 35.8 Å². The van der Waals surface area contributed by atoms with Crippen molar-refractivity contribution in [1.82, 2.24) is 19.7 Å². The van der Waals surface area contributed by atoms with Crippen LogP contribution in [-0.2, 0) is 20.0 Å². The molecule has 1 atom stereocenters. The minimum atomic E-state index is 0.163. The topological polar surface area (TPSA) is 54.2 Å². The summed E-state index contributed by atoms with van der Waals surface area (Å²) in [6, 6.07) is 9.02. The first-order chi connectivity index (χ1) is 10.3. The second-order valence-corrected chi connectivity index (χ2v) is 5.66. The van der Waals surface area contributed by atoms with E-state index < -0.39 is 0 Å². The second kappa shape index (κ2) is 6.37. The summed E-state index contributed by atoms with van der Waals surface area (Å²) >= 11 is 0. The molecule has 21 heavy (non-hydrogen) atoms. The van der Waals surface area contributed by atoms with Crippen LogP contribution in [0.25, 0.3) is 0 Å². The Morgan fingerprint density at radius 3 is 3.00 bits per heavy atom. The van der Waals surface area contributed by atoms with Gasteiger partial charge in [-0.25, -0.2) is 0 Å². The summed E-state index contributed by atoms with van der Waals surface area (Å²) < 4.78 is 1.94. The molecule has 0 amide bonds. The first-order valence-electron chi connectivity index (χ1n) is 7.55. The molecule has 0 aliphatic heterocycles. The average Bonchev–Trinajstić information content (AvgIpc) is 2.91. The summed E-state index contributed by atoms with van der Waals surface area (Å²) in [6.07, 6.45) is 5.21. The van der Waals surface area contributed by atoms with Crippen molar-refractivity contribution in [1.29, 1.82) is 0 Å². The molecule has 0 fully saturated rings. The van der Waals surface area contributed by atoms with E-state index in [1.54, 1.807) is 6.33 Å². The van der Waals surface area contributed by atoms with E-state index in [1.807, 2.05) is 11.6 Å². The minimum Gasteiger partial charge on any atom is -0.395 e. The molecule has 0 bridgehead atoms. The summed E-state index contributed by atoms with van der Waals surface area (Å²) in [4.78, 5) is 2.32. The van der Waals surface area contributed by atoms with Gasteiger partial charge in [-0.3, -0.25) is 4.90 Å². The van der Waals surface area contributed by atoms with Crippen LogP contribution < -0.4 is 0 Å². The molecule has 5 nitrogen and oxygen atoms in total. The summed E-state index contributed by atoms with van der Waals surface area (Å²) in [7, 11) is 1.96. The van der Waals surface area contributed by atoms with Crippen molar-refractivity contribution in [2.75, 3.05) is 13.2 Å². The van der Waals surface area contributed by atoms with Crippen LogP contribution in [0.5, 0.6) is 0 Å². The van der Waals surface area contributed by atoms with Crippen LogP contribution in [-0.4, -0.2) is 37.9 Å². The Balaban J connectivity index is 1.86. The number of rotatable bonds is 5. The van der Waals surface area contributed by atoms with E-state index in [2.05, 4.69) is 39.4 Å². The lowest BCUT2D eigenvalue weighted by Crippen LogP contribution is -2.34. The Morgan fingerprint density at radius 1 is 1.38 bits per heavy atom. The highest BCUT2D eigenvalue weighted by molar-refractivity contribution is 5.32. The van der Waals surface area contributed by atoms with E-state index in [4.69, 9.17) is 0 Å². The normalized spacial score (nSPS) is 18.0. The molecular formula is C16H22N4O. The van der Waals surface area contributed by atoms with Gasteiger partial charge in [0.25, 0.3) is 0 Å². The molecule has 112 valence electrons. The number of fused-ring (bicyclic) bond motifs is 1. The number of benzene rings is 1. The van der Waals surface area contributed by atoms with Gasteiger partial charge in [-0.2, -0.15) is 0 Å². The van der Waals surface area contributed by atoms with Crippen LogP contribution >= 0.6 is 0 Å². The Bertz CT molecular complexity index is 595. The quantitative estimate of drug-likeness (QED) is 0.909. The number of aliphatic hydroxyl groups is 1. The number of hydrogen-bond acceptors (Lipinski definition) is 4. The zero-order valence-corrected chi connectivity index (χ0v) is 12.4. The Labute approximate surface area is 125 Å². The third kappa shape index (κ3) is 2.99. The van der Waals surface area contributed by atoms with E-state index in [9.17, 15) is 5.11 Å². The Hall–Kier alpha value is -1.72. The standard InChI is InChI=1S/C16H22N4O/c1-19-12-17-18-16(19)11-20(9-10-21)15-8-4-6-13-5-2-3-7-14(13)15/h2-3,5,7,12,15,21H,4,6,8-11H2,1H3. The van der Waals surface area contributed by atoms with Gasteiger partial charge in [0, 0.05) is 19.6 Å². The van der Waals surface area contributed by atoms with Crippen molar-refractivity contribution in [3.63, 3.8) is 0 Å². The third-order valence-electron chi connectivity index (χ3n) is 4.32. The van der Waals surface area contributed by atoms with Gasteiger partial charge >= 0.3 is 0 Å². The van der Waals surface area contributed by atoms with Crippen molar-refractivity contribution in [3.05, 3.63) is 47.5 Å². The van der Waals surface area contributed by atoms with Gasteiger partial charge in [-0.15, -0.1) is 10.2 Å². The van der Waals surface area contributed by atoms with Crippen molar-refractivity contribution in [2.45, 2.75) is 31.8 Å². The van der Waals surface area contributed by atoms with Gasteiger partial charge < -0.3 is 9.67 Å². The predicted octanol–water partition coefficient (Wildman–Crippen LogP) is 1.69. The van der Waals surface area contributed by atoms with Crippen molar-refractivity contribution >= 4 is 0 Å². The molecule has 1 heterocycles. The monoisotopic (exact) mass is 286 g/mol. The average molecular weight is 286 g/mol. The van der Waals surface area contributed by atoms with Crippen molar-refractivity contribution in [3.8, 4) is 0 Å². The lowest BCUT2D eigenvalue weighted by atomic mass is 9.87. The summed E-state index contributed by atoms with van der Waals surface area (Å²) in [5.74, 6) is 0.937.